The average molecular weight is 360 g/mol. The number of rotatable bonds is 3. The van der Waals surface area contributed by atoms with Crippen LogP contribution < -0.4 is 0 Å². The predicted octanol–water partition coefficient (Wildman–Crippen LogP) is 5.21. The SMILES string of the molecule is CC(O)(Cc1ccc(Cl)cc1Cl)c1ccc(Br)cc1. The fourth-order valence-electron chi connectivity index (χ4n) is 1.95. The van der Waals surface area contributed by atoms with E-state index in [0.29, 0.717) is 16.5 Å². The highest BCUT2D eigenvalue weighted by molar-refractivity contribution is 9.10. The summed E-state index contributed by atoms with van der Waals surface area (Å²) in [5, 5.41) is 11.8. The standard InChI is InChI=1S/C15H13BrCl2O/c1-15(19,11-3-5-12(16)6-4-11)9-10-2-7-13(17)8-14(10)18/h2-8,19H,9H2,1H3. The summed E-state index contributed by atoms with van der Waals surface area (Å²) in [4.78, 5) is 0. The normalized spacial score (nSPS) is 14.2. The first-order valence-electron chi connectivity index (χ1n) is 5.81. The molecule has 0 radical (unpaired) electrons. The summed E-state index contributed by atoms with van der Waals surface area (Å²) in [5.74, 6) is 0. The van der Waals surface area contributed by atoms with E-state index < -0.39 is 5.60 Å². The van der Waals surface area contributed by atoms with Crippen LogP contribution in [0.15, 0.2) is 46.9 Å². The molecule has 4 heteroatoms. The summed E-state index contributed by atoms with van der Waals surface area (Å²) in [6.07, 6.45) is 0.435. The molecule has 0 aromatic heterocycles. The minimum absolute atomic E-state index is 0.435. The second-order valence-electron chi connectivity index (χ2n) is 4.69. The number of aliphatic hydroxyl groups is 1. The third-order valence-corrected chi connectivity index (χ3v) is 4.13. The third-order valence-electron chi connectivity index (χ3n) is 3.02. The van der Waals surface area contributed by atoms with E-state index in [1.165, 1.54) is 0 Å². The van der Waals surface area contributed by atoms with Crippen LogP contribution in [0.25, 0.3) is 0 Å². The van der Waals surface area contributed by atoms with E-state index >= 15 is 0 Å². The molecular weight excluding hydrogens is 347 g/mol. The largest absolute Gasteiger partial charge is 0.385 e. The van der Waals surface area contributed by atoms with Crippen molar-refractivity contribution in [1.29, 1.82) is 0 Å². The van der Waals surface area contributed by atoms with Gasteiger partial charge in [-0.05, 0) is 42.3 Å². The molecule has 1 unspecified atom stereocenters. The van der Waals surface area contributed by atoms with Crippen LogP contribution in [0.1, 0.15) is 18.1 Å². The maximum atomic E-state index is 10.6. The molecule has 2 aromatic rings. The van der Waals surface area contributed by atoms with Crippen molar-refractivity contribution in [1.82, 2.24) is 0 Å². The van der Waals surface area contributed by atoms with Crippen molar-refractivity contribution in [3.8, 4) is 0 Å². The monoisotopic (exact) mass is 358 g/mol. The number of hydrogen-bond acceptors (Lipinski definition) is 1. The smallest absolute Gasteiger partial charge is 0.0909 e. The molecule has 2 rings (SSSR count). The summed E-state index contributed by atoms with van der Waals surface area (Å²) in [6.45, 7) is 1.78. The van der Waals surface area contributed by atoms with Gasteiger partial charge in [-0.15, -0.1) is 0 Å². The molecule has 19 heavy (non-hydrogen) atoms. The van der Waals surface area contributed by atoms with Crippen LogP contribution >= 0.6 is 39.1 Å². The maximum absolute atomic E-state index is 10.6. The van der Waals surface area contributed by atoms with Crippen molar-refractivity contribution >= 4 is 39.1 Å². The molecule has 2 aromatic carbocycles. The molecule has 0 saturated carbocycles. The predicted molar refractivity (Wildman–Crippen MR) is 83.9 cm³/mol. The van der Waals surface area contributed by atoms with Gasteiger partial charge in [0.15, 0.2) is 0 Å². The van der Waals surface area contributed by atoms with Gasteiger partial charge in [-0.1, -0.05) is 57.3 Å². The van der Waals surface area contributed by atoms with Crippen molar-refractivity contribution in [2.45, 2.75) is 18.9 Å². The first-order valence-corrected chi connectivity index (χ1v) is 7.36. The average Bonchev–Trinajstić information content (AvgIpc) is 2.33. The van der Waals surface area contributed by atoms with E-state index in [0.717, 1.165) is 15.6 Å². The first-order chi connectivity index (χ1) is 8.88. The molecule has 0 spiro atoms. The lowest BCUT2D eigenvalue weighted by Crippen LogP contribution is -2.24. The Hall–Kier alpha value is -0.540. The van der Waals surface area contributed by atoms with Crippen LogP contribution in [0.5, 0.6) is 0 Å². The zero-order chi connectivity index (χ0) is 14.0. The maximum Gasteiger partial charge on any atom is 0.0909 e. The van der Waals surface area contributed by atoms with Crippen LogP contribution in [-0.4, -0.2) is 5.11 Å². The molecule has 100 valence electrons. The molecule has 0 saturated heterocycles. The molecule has 1 nitrogen and oxygen atoms in total. The highest BCUT2D eigenvalue weighted by Crippen LogP contribution is 2.30. The minimum atomic E-state index is -0.974. The van der Waals surface area contributed by atoms with Gasteiger partial charge in [-0.25, -0.2) is 0 Å². The van der Waals surface area contributed by atoms with Crippen molar-refractivity contribution in [3.05, 3.63) is 68.1 Å². The van der Waals surface area contributed by atoms with E-state index in [-0.39, 0.29) is 0 Å². The lowest BCUT2D eigenvalue weighted by molar-refractivity contribution is 0.0576. The summed E-state index contributed by atoms with van der Waals surface area (Å²) in [6, 6.07) is 12.9. The Kier molecular flexibility index (Phi) is 4.57. The molecule has 1 atom stereocenters. The molecule has 0 amide bonds. The van der Waals surface area contributed by atoms with Crippen molar-refractivity contribution < 1.29 is 5.11 Å². The van der Waals surface area contributed by atoms with Crippen LogP contribution in [0.4, 0.5) is 0 Å². The van der Waals surface area contributed by atoms with Crippen LogP contribution in [0, 0.1) is 0 Å². The first kappa shape index (κ1) is 14.9. The summed E-state index contributed by atoms with van der Waals surface area (Å²) in [5.41, 5.74) is 0.749. The van der Waals surface area contributed by atoms with E-state index in [2.05, 4.69) is 15.9 Å². The van der Waals surface area contributed by atoms with Gasteiger partial charge >= 0.3 is 0 Å². The van der Waals surface area contributed by atoms with Gasteiger partial charge < -0.3 is 5.11 Å². The number of benzene rings is 2. The van der Waals surface area contributed by atoms with Crippen LogP contribution in [-0.2, 0) is 12.0 Å². The molecule has 0 fully saturated rings. The molecule has 0 aliphatic heterocycles. The fraction of sp³-hybridized carbons (Fsp3) is 0.200. The quantitative estimate of drug-likeness (QED) is 0.797. The second-order valence-corrected chi connectivity index (χ2v) is 6.45. The zero-order valence-corrected chi connectivity index (χ0v) is 13.4. The molecule has 1 N–H and O–H groups in total. The summed E-state index contributed by atoms with van der Waals surface area (Å²) in [7, 11) is 0. The topological polar surface area (TPSA) is 20.2 Å². The lowest BCUT2D eigenvalue weighted by atomic mass is 9.89. The lowest BCUT2D eigenvalue weighted by Gasteiger charge is -2.24. The Labute approximate surface area is 131 Å². The van der Waals surface area contributed by atoms with Gasteiger partial charge in [0.1, 0.15) is 0 Å². The van der Waals surface area contributed by atoms with E-state index in [1.54, 1.807) is 19.1 Å². The van der Waals surface area contributed by atoms with E-state index in [9.17, 15) is 5.11 Å². The Bertz CT molecular complexity index is 579. The van der Waals surface area contributed by atoms with E-state index in [1.807, 2.05) is 30.3 Å². The van der Waals surface area contributed by atoms with Gasteiger partial charge in [0.25, 0.3) is 0 Å². The van der Waals surface area contributed by atoms with Crippen LogP contribution in [0.3, 0.4) is 0 Å². The minimum Gasteiger partial charge on any atom is -0.385 e. The zero-order valence-electron chi connectivity index (χ0n) is 10.3. The molecule has 0 aliphatic rings. The fourth-order valence-corrected chi connectivity index (χ4v) is 2.69. The van der Waals surface area contributed by atoms with Crippen LogP contribution in [0.2, 0.25) is 10.0 Å². The van der Waals surface area contributed by atoms with Crippen molar-refractivity contribution in [2.24, 2.45) is 0 Å². The Morgan fingerprint density at radius 1 is 1.11 bits per heavy atom. The number of hydrogen-bond donors (Lipinski definition) is 1. The summed E-state index contributed by atoms with van der Waals surface area (Å²) >= 11 is 15.4. The Morgan fingerprint density at radius 3 is 2.32 bits per heavy atom. The molecule has 0 heterocycles. The number of halogens is 3. The van der Waals surface area contributed by atoms with Crippen molar-refractivity contribution in [3.63, 3.8) is 0 Å². The molecular formula is C15H13BrCl2O. The molecule has 0 aliphatic carbocycles. The van der Waals surface area contributed by atoms with Gasteiger partial charge in [0.2, 0.25) is 0 Å². The van der Waals surface area contributed by atoms with Gasteiger partial charge in [0.05, 0.1) is 5.60 Å². The highest BCUT2D eigenvalue weighted by atomic mass is 79.9. The Balaban J connectivity index is 2.27. The van der Waals surface area contributed by atoms with Gasteiger partial charge in [0, 0.05) is 20.9 Å². The van der Waals surface area contributed by atoms with Gasteiger partial charge in [-0.3, -0.25) is 0 Å². The van der Waals surface area contributed by atoms with Gasteiger partial charge in [-0.2, -0.15) is 0 Å². The Morgan fingerprint density at radius 2 is 1.74 bits per heavy atom. The highest BCUT2D eigenvalue weighted by Gasteiger charge is 2.24. The second kappa shape index (κ2) is 5.84. The van der Waals surface area contributed by atoms with E-state index in [4.69, 9.17) is 23.2 Å². The molecule has 0 bridgehead atoms. The third kappa shape index (κ3) is 3.73. The summed E-state index contributed by atoms with van der Waals surface area (Å²) < 4.78 is 0.983. The van der Waals surface area contributed by atoms with Crippen molar-refractivity contribution in [2.75, 3.05) is 0 Å².